The lowest BCUT2D eigenvalue weighted by Gasteiger charge is -2.40. The van der Waals surface area contributed by atoms with Crippen molar-refractivity contribution in [2.24, 2.45) is 0 Å². The summed E-state index contributed by atoms with van der Waals surface area (Å²) < 4.78 is 36.0. The van der Waals surface area contributed by atoms with Crippen molar-refractivity contribution < 1.29 is 33.2 Å². The second-order valence-corrected chi connectivity index (χ2v) is 13.9. The number of thiophene rings is 1. The normalized spacial score (nSPS) is 20.1. The van der Waals surface area contributed by atoms with Crippen LogP contribution in [0.2, 0.25) is 0 Å². The molecular formula is C29H39N2O7PS. The van der Waals surface area contributed by atoms with E-state index >= 15 is 4.57 Å². The van der Waals surface area contributed by atoms with Crippen molar-refractivity contribution in [3.05, 3.63) is 47.4 Å². The van der Waals surface area contributed by atoms with E-state index in [1.54, 1.807) is 6.07 Å². The van der Waals surface area contributed by atoms with Gasteiger partial charge in [-0.2, -0.15) is 0 Å². The Morgan fingerprint density at radius 2 is 1.57 bits per heavy atom. The third kappa shape index (κ3) is 6.68. The van der Waals surface area contributed by atoms with Crippen LogP contribution in [0.5, 0.6) is 0 Å². The highest BCUT2D eigenvalue weighted by Crippen LogP contribution is 2.61. The Hall–Kier alpha value is -2.52. The molecule has 2 aromatic rings. The molecule has 0 amide bonds. The highest BCUT2D eigenvalue weighted by molar-refractivity contribution is 7.58. The van der Waals surface area contributed by atoms with Gasteiger partial charge < -0.3 is 14.2 Å². The van der Waals surface area contributed by atoms with Crippen LogP contribution < -0.4 is 0 Å². The van der Waals surface area contributed by atoms with Crippen LogP contribution in [0.25, 0.3) is 10.1 Å². The fourth-order valence-electron chi connectivity index (χ4n) is 5.39. The number of esters is 3. The summed E-state index contributed by atoms with van der Waals surface area (Å²) in [6, 6.07) is 6.29. The van der Waals surface area contributed by atoms with Crippen molar-refractivity contribution in [3.63, 3.8) is 0 Å². The van der Waals surface area contributed by atoms with Gasteiger partial charge in [0.25, 0.3) is 0 Å². The summed E-state index contributed by atoms with van der Waals surface area (Å²) in [5.41, 5.74) is 0.805. The van der Waals surface area contributed by atoms with Crippen molar-refractivity contribution in [1.82, 2.24) is 9.34 Å². The fraction of sp³-hybridized carbons (Fsp3) is 0.552. The van der Waals surface area contributed by atoms with Gasteiger partial charge in [0.05, 0.1) is 19.4 Å². The molecule has 2 atom stereocenters. The molecule has 1 aromatic heterocycles. The number of carbonyl (C=O) groups is 3. The number of carbonyl (C=O) groups excluding carboxylic acids is 3. The van der Waals surface area contributed by atoms with Gasteiger partial charge in [0, 0.05) is 17.8 Å². The Bertz CT molecular complexity index is 1240. The van der Waals surface area contributed by atoms with Crippen LogP contribution in [0.1, 0.15) is 67.6 Å². The first-order valence-corrected chi connectivity index (χ1v) is 16.7. The summed E-state index contributed by atoms with van der Waals surface area (Å²) >= 11 is 1.34. The van der Waals surface area contributed by atoms with Gasteiger partial charge >= 0.3 is 17.9 Å². The molecule has 0 aliphatic carbocycles. The summed E-state index contributed by atoms with van der Waals surface area (Å²) in [6.07, 6.45) is 5.64. The van der Waals surface area contributed by atoms with E-state index in [2.05, 4.69) is 6.58 Å². The minimum atomic E-state index is -3.46. The molecule has 0 saturated carbocycles. The molecule has 3 heterocycles. The monoisotopic (exact) mass is 590 g/mol. The van der Waals surface area contributed by atoms with E-state index < -0.39 is 25.5 Å². The summed E-state index contributed by atoms with van der Waals surface area (Å²) in [5, 5.41) is 0.847. The number of benzene rings is 1. The molecule has 218 valence electrons. The van der Waals surface area contributed by atoms with Gasteiger partial charge in [0.2, 0.25) is 7.44 Å². The Morgan fingerprint density at radius 3 is 2.12 bits per heavy atom. The van der Waals surface area contributed by atoms with Gasteiger partial charge in [-0.3, -0.25) is 14.2 Å². The average Bonchev–Trinajstić information content (AvgIpc) is 3.72. The zero-order valence-electron chi connectivity index (χ0n) is 23.3. The molecule has 4 rings (SSSR count). The number of fused-ring (bicyclic) bond motifs is 1. The van der Waals surface area contributed by atoms with E-state index in [1.807, 2.05) is 41.4 Å². The average molecular weight is 591 g/mol. The fourth-order valence-corrected chi connectivity index (χ4v) is 9.86. The van der Waals surface area contributed by atoms with Gasteiger partial charge in [0.1, 0.15) is 23.6 Å². The van der Waals surface area contributed by atoms with Gasteiger partial charge in [-0.1, -0.05) is 32.6 Å². The third-order valence-electron chi connectivity index (χ3n) is 7.20. The van der Waals surface area contributed by atoms with Crippen LogP contribution >= 0.6 is 18.8 Å². The molecule has 2 aliphatic heterocycles. The van der Waals surface area contributed by atoms with Crippen molar-refractivity contribution in [2.45, 2.75) is 70.6 Å². The van der Waals surface area contributed by atoms with Gasteiger partial charge in [-0.25, -0.2) is 14.1 Å². The topological polar surface area (TPSA) is 102 Å². The Kier molecular flexibility index (Phi) is 10.6. The molecule has 40 heavy (non-hydrogen) atoms. The van der Waals surface area contributed by atoms with Crippen LogP contribution in [0.15, 0.2) is 36.9 Å². The maximum atomic E-state index is 15.3. The van der Waals surface area contributed by atoms with Crippen LogP contribution in [0, 0.1) is 0 Å². The van der Waals surface area contributed by atoms with Gasteiger partial charge in [0.15, 0.2) is 0 Å². The molecule has 11 heteroatoms. The van der Waals surface area contributed by atoms with Crippen LogP contribution in [0.3, 0.4) is 0 Å². The van der Waals surface area contributed by atoms with E-state index in [0.717, 1.165) is 15.6 Å². The molecular weight excluding hydrogens is 551 g/mol. The van der Waals surface area contributed by atoms with Crippen LogP contribution in [0.4, 0.5) is 0 Å². The van der Waals surface area contributed by atoms with Crippen molar-refractivity contribution in [2.75, 3.05) is 32.9 Å². The lowest BCUT2D eigenvalue weighted by molar-refractivity contribution is -0.147. The van der Waals surface area contributed by atoms with Crippen molar-refractivity contribution in [3.8, 4) is 0 Å². The molecule has 0 radical (unpaired) electrons. The standard InChI is InChI=1S/C29H39N2O7PS/c1-4-15-36-27(32)23-9-7-13-30(23)39(35,31-14-8-10-24(31)28(33)37-16-5-2)20-21-11-12-25-22(18-21)19-26(40-25)29(34)38-17-6-3/h6,11-12,18-19,23-24H,3-5,7-10,13-17,20H2,1-2H3/t23-,24-/m0/s1. The predicted molar refractivity (Wildman–Crippen MR) is 156 cm³/mol. The maximum Gasteiger partial charge on any atom is 0.348 e. The molecule has 0 unspecified atom stereocenters. The third-order valence-corrected chi connectivity index (χ3v) is 11.6. The molecule has 0 spiro atoms. The lowest BCUT2D eigenvalue weighted by Crippen LogP contribution is -2.44. The summed E-state index contributed by atoms with van der Waals surface area (Å²) in [5.74, 6) is -1.14. The zero-order chi connectivity index (χ0) is 28.7. The van der Waals surface area contributed by atoms with Gasteiger partial charge in [-0.15, -0.1) is 11.3 Å². The van der Waals surface area contributed by atoms with E-state index in [9.17, 15) is 14.4 Å². The Morgan fingerprint density at radius 1 is 0.975 bits per heavy atom. The summed E-state index contributed by atoms with van der Waals surface area (Å²) in [6.45, 7) is 9.18. The SMILES string of the molecule is C=CCOC(=O)c1cc2cc(CP(=O)(N3CCC[C@H]3C(=O)OCCC)N3CCC[C@H]3C(=O)OCCC)ccc2s1. The molecule has 9 nitrogen and oxygen atoms in total. The zero-order valence-corrected chi connectivity index (χ0v) is 25.1. The molecule has 2 aliphatic rings. The first-order chi connectivity index (χ1) is 19.3. The first kappa shape index (κ1) is 30.4. The van der Waals surface area contributed by atoms with Crippen LogP contribution in [-0.2, 0) is 34.5 Å². The minimum Gasteiger partial charge on any atom is -0.465 e. The molecule has 0 N–H and O–H groups in total. The highest BCUT2D eigenvalue weighted by Gasteiger charge is 2.51. The quantitative estimate of drug-likeness (QED) is 0.124. The maximum absolute atomic E-state index is 15.3. The second kappa shape index (κ2) is 13.9. The lowest BCUT2D eigenvalue weighted by atomic mass is 10.2. The molecule has 2 saturated heterocycles. The molecule has 2 fully saturated rings. The number of ether oxygens (including phenoxy) is 3. The van der Waals surface area contributed by atoms with E-state index in [1.165, 1.54) is 17.4 Å². The number of hydrogen-bond donors (Lipinski definition) is 0. The number of nitrogens with zero attached hydrogens (tertiary/aromatic N) is 2. The van der Waals surface area contributed by atoms with Crippen molar-refractivity contribution in [1.29, 1.82) is 0 Å². The molecule has 1 aromatic carbocycles. The largest absolute Gasteiger partial charge is 0.465 e. The predicted octanol–water partition coefficient (Wildman–Crippen LogP) is 5.77. The Balaban J connectivity index is 1.68. The summed E-state index contributed by atoms with van der Waals surface area (Å²) in [7, 11) is -3.46. The second-order valence-electron chi connectivity index (χ2n) is 10.2. The minimum absolute atomic E-state index is 0.136. The van der Waals surface area contributed by atoms with E-state index in [0.29, 0.717) is 69.7 Å². The smallest absolute Gasteiger partial charge is 0.348 e. The number of rotatable bonds is 13. The summed E-state index contributed by atoms with van der Waals surface area (Å²) in [4.78, 5) is 39.0. The number of hydrogen-bond acceptors (Lipinski definition) is 8. The highest BCUT2D eigenvalue weighted by atomic mass is 32.1. The van der Waals surface area contributed by atoms with Gasteiger partial charge in [-0.05, 0) is 67.7 Å². The van der Waals surface area contributed by atoms with E-state index in [4.69, 9.17) is 14.2 Å². The van der Waals surface area contributed by atoms with E-state index in [-0.39, 0.29) is 24.7 Å². The van der Waals surface area contributed by atoms with Crippen molar-refractivity contribution >= 4 is 46.8 Å². The Labute approximate surface area is 239 Å². The first-order valence-electron chi connectivity index (χ1n) is 14.1. The molecule has 0 bridgehead atoms. The van der Waals surface area contributed by atoms with Crippen LogP contribution in [-0.4, -0.2) is 72.2 Å².